The fourth-order valence-corrected chi connectivity index (χ4v) is 2.05. The van der Waals surface area contributed by atoms with Crippen molar-refractivity contribution in [3.05, 3.63) is 78.6 Å². The van der Waals surface area contributed by atoms with Crippen LogP contribution in [0.25, 0.3) is 0 Å². The Morgan fingerprint density at radius 3 is 2.00 bits per heavy atom. The highest BCUT2D eigenvalue weighted by Gasteiger charge is 2.06. The van der Waals surface area contributed by atoms with Gasteiger partial charge in [-0.05, 0) is 60.7 Å². The first-order chi connectivity index (χ1) is 11.2. The number of aromatic hydroxyl groups is 1. The topological polar surface area (TPSA) is 74.2 Å². The van der Waals surface area contributed by atoms with Crippen molar-refractivity contribution in [3.63, 3.8) is 0 Å². The van der Waals surface area contributed by atoms with Crippen LogP contribution in [0.1, 0.15) is 10.4 Å². The fraction of sp³-hybridized carbons (Fsp3) is 0. The highest BCUT2D eigenvalue weighted by Crippen LogP contribution is 2.19. The lowest BCUT2D eigenvalue weighted by Crippen LogP contribution is -2.11. The third-order valence-corrected chi connectivity index (χ3v) is 3.24. The molecule has 0 aliphatic rings. The summed E-state index contributed by atoms with van der Waals surface area (Å²) in [4.78, 5) is 16.1. The summed E-state index contributed by atoms with van der Waals surface area (Å²) >= 11 is 0. The number of nitrogens with zero attached hydrogens (tertiary/aromatic N) is 1. The van der Waals surface area contributed by atoms with E-state index in [1.807, 2.05) is 36.4 Å². The molecule has 0 spiro atoms. The first-order valence-electron chi connectivity index (χ1n) is 7.08. The molecule has 0 aliphatic carbocycles. The van der Waals surface area contributed by atoms with Gasteiger partial charge in [0, 0.05) is 35.0 Å². The third-order valence-electron chi connectivity index (χ3n) is 3.24. The lowest BCUT2D eigenvalue weighted by Gasteiger charge is -2.08. The van der Waals surface area contributed by atoms with Crippen LogP contribution in [0.2, 0.25) is 0 Å². The minimum absolute atomic E-state index is 0.132. The van der Waals surface area contributed by atoms with E-state index in [4.69, 9.17) is 0 Å². The molecule has 0 atom stereocenters. The second-order valence-electron chi connectivity index (χ2n) is 4.94. The minimum Gasteiger partial charge on any atom is -0.508 e. The van der Waals surface area contributed by atoms with Gasteiger partial charge in [-0.2, -0.15) is 0 Å². The molecule has 0 saturated heterocycles. The number of benzene rings is 2. The van der Waals surface area contributed by atoms with Crippen LogP contribution in [0, 0.1) is 0 Å². The highest BCUT2D eigenvalue weighted by atomic mass is 16.3. The van der Waals surface area contributed by atoms with Gasteiger partial charge in [0.15, 0.2) is 0 Å². The van der Waals surface area contributed by atoms with Crippen LogP contribution in [0.15, 0.2) is 73.1 Å². The number of rotatable bonds is 4. The number of pyridine rings is 1. The maximum absolute atomic E-state index is 12.1. The summed E-state index contributed by atoms with van der Waals surface area (Å²) in [6, 6.07) is 17.3. The highest BCUT2D eigenvalue weighted by molar-refractivity contribution is 6.04. The largest absolute Gasteiger partial charge is 0.508 e. The average Bonchev–Trinajstić information content (AvgIpc) is 2.58. The Morgan fingerprint density at radius 2 is 1.35 bits per heavy atom. The van der Waals surface area contributed by atoms with Gasteiger partial charge in [0.1, 0.15) is 5.75 Å². The van der Waals surface area contributed by atoms with Crippen LogP contribution in [-0.4, -0.2) is 16.0 Å². The molecule has 2 aromatic carbocycles. The molecule has 5 heteroatoms. The molecule has 1 amide bonds. The number of anilines is 3. The maximum atomic E-state index is 12.1. The molecule has 114 valence electrons. The Labute approximate surface area is 133 Å². The number of carbonyl (C=O) groups is 1. The Bertz CT molecular complexity index is 785. The summed E-state index contributed by atoms with van der Waals surface area (Å²) in [5, 5.41) is 15.3. The zero-order valence-corrected chi connectivity index (χ0v) is 12.2. The van der Waals surface area contributed by atoms with Gasteiger partial charge in [0.2, 0.25) is 0 Å². The second kappa shape index (κ2) is 6.62. The SMILES string of the molecule is O=C(Nc1ccc(Nc2ccncc2)cc1)c1ccc(O)cc1. The van der Waals surface area contributed by atoms with Crippen LogP contribution >= 0.6 is 0 Å². The molecule has 0 saturated carbocycles. The molecule has 0 bridgehead atoms. The zero-order chi connectivity index (χ0) is 16.1. The number of aromatic nitrogens is 1. The van der Waals surface area contributed by atoms with Gasteiger partial charge < -0.3 is 15.7 Å². The first-order valence-corrected chi connectivity index (χ1v) is 7.08. The van der Waals surface area contributed by atoms with Crippen molar-refractivity contribution >= 4 is 23.0 Å². The summed E-state index contributed by atoms with van der Waals surface area (Å²) in [6.07, 6.45) is 3.43. The van der Waals surface area contributed by atoms with Gasteiger partial charge in [0.25, 0.3) is 5.91 Å². The standard InChI is InChI=1S/C18H15N3O2/c22-17-7-1-13(2-8-17)18(23)21-15-5-3-14(4-6-15)20-16-9-11-19-12-10-16/h1-12,22H,(H,19,20)(H,21,23). The molecule has 1 aromatic heterocycles. The van der Waals surface area contributed by atoms with E-state index >= 15 is 0 Å². The quantitative estimate of drug-likeness (QED) is 0.685. The van der Waals surface area contributed by atoms with Crippen molar-refractivity contribution in [1.29, 1.82) is 0 Å². The monoisotopic (exact) mass is 305 g/mol. The molecule has 0 fully saturated rings. The summed E-state index contributed by atoms with van der Waals surface area (Å²) in [6.45, 7) is 0. The lowest BCUT2D eigenvalue weighted by atomic mass is 10.2. The summed E-state index contributed by atoms with van der Waals surface area (Å²) < 4.78 is 0. The van der Waals surface area contributed by atoms with E-state index in [0.29, 0.717) is 11.3 Å². The summed E-state index contributed by atoms with van der Waals surface area (Å²) in [5.41, 5.74) is 3.05. The van der Waals surface area contributed by atoms with Crippen molar-refractivity contribution in [1.82, 2.24) is 4.98 Å². The molecule has 0 radical (unpaired) electrons. The Hall–Kier alpha value is -3.34. The molecule has 3 aromatic rings. The van der Waals surface area contributed by atoms with Crippen LogP contribution in [0.3, 0.4) is 0 Å². The van der Waals surface area contributed by atoms with Gasteiger partial charge >= 0.3 is 0 Å². The van der Waals surface area contributed by atoms with Crippen molar-refractivity contribution in [2.24, 2.45) is 0 Å². The Kier molecular flexibility index (Phi) is 4.20. The van der Waals surface area contributed by atoms with E-state index in [-0.39, 0.29) is 11.7 Å². The van der Waals surface area contributed by atoms with Gasteiger partial charge in [-0.25, -0.2) is 0 Å². The number of phenols is 1. The van der Waals surface area contributed by atoms with E-state index in [1.165, 1.54) is 12.1 Å². The molecule has 23 heavy (non-hydrogen) atoms. The molecular weight excluding hydrogens is 290 g/mol. The third kappa shape index (κ3) is 3.85. The van der Waals surface area contributed by atoms with E-state index in [1.54, 1.807) is 24.5 Å². The van der Waals surface area contributed by atoms with Crippen molar-refractivity contribution in [3.8, 4) is 5.75 Å². The van der Waals surface area contributed by atoms with Gasteiger partial charge in [0.05, 0.1) is 0 Å². The van der Waals surface area contributed by atoms with Crippen LogP contribution in [0.5, 0.6) is 5.75 Å². The molecule has 0 aliphatic heterocycles. The maximum Gasteiger partial charge on any atom is 0.255 e. The van der Waals surface area contributed by atoms with E-state index < -0.39 is 0 Å². The normalized spacial score (nSPS) is 10.1. The number of hydrogen-bond acceptors (Lipinski definition) is 4. The van der Waals surface area contributed by atoms with Crippen LogP contribution < -0.4 is 10.6 Å². The van der Waals surface area contributed by atoms with Gasteiger partial charge in [-0.3, -0.25) is 9.78 Å². The zero-order valence-electron chi connectivity index (χ0n) is 12.2. The van der Waals surface area contributed by atoms with E-state index in [2.05, 4.69) is 15.6 Å². The van der Waals surface area contributed by atoms with Crippen molar-refractivity contribution in [2.45, 2.75) is 0 Å². The molecular formula is C18H15N3O2. The smallest absolute Gasteiger partial charge is 0.255 e. The summed E-state index contributed by atoms with van der Waals surface area (Å²) in [5.74, 6) is -0.0899. The molecule has 3 rings (SSSR count). The molecule has 3 N–H and O–H groups in total. The second-order valence-corrected chi connectivity index (χ2v) is 4.94. The number of carbonyl (C=O) groups excluding carboxylic acids is 1. The molecule has 5 nitrogen and oxygen atoms in total. The minimum atomic E-state index is -0.222. The Balaban J connectivity index is 1.65. The van der Waals surface area contributed by atoms with Crippen molar-refractivity contribution < 1.29 is 9.90 Å². The molecule has 0 unspecified atom stereocenters. The predicted molar refractivity (Wildman–Crippen MR) is 90.0 cm³/mol. The summed E-state index contributed by atoms with van der Waals surface area (Å²) in [7, 11) is 0. The number of amides is 1. The lowest BCUT2D eigenvalue weighted by molar-refractivity contribution is 0.102. The average molecular weight is 305 g/mol. The van der Waals surface area contributed by atoms with Gasteiger partial charge in [-0.1, -0.05) is 0 Å². The van der Waals surface area contributed by atoms with Gasteiger partial charge in [-0.15, -0.1) is 0 Å². The fourth-order valence-electron chi connectivity index (χ4n) is 2.05. The number of hydrogen-bond donors (Lipinski definition) is 3. The van der Waals surface area contributed by atoms with Crippen LogP contribution in [-0.2, 0) is 0 Å². The number of phenolic OH excluding ortho intramolecular Hbond substituents is 1. The van der Waals surface area contributed by atoms with Crippen molar-refractivity contribution in [2.75, 3.05) is 10.6 Å². The van der Waals surface area contributed by atoms with E-state index in [9.17, 15) is 9.90 Å². The molecule has 1 heterocycles. The van der Waals surface area contributed by atoms with E-state index in [0.717, 1.165) is 11.4 Å². The predicted octanol–water partition coefficient (Wildman–Crippen LogP) is 3.78. The van der Waals surface area contributed by atoms with Crippen LogP contribution in [0.4, 0.5) is 17.1 Å². The first kappa shape index (κ1) is 14.6. The Morgan fingerprint density at radius 1 is 0.783 bits per heavy atom. The number of nitrogens with one attached hydrogen (secondary N) is 2.